The quantitative estimate of drug-likeness (QED) is 0.576. The van der Waals surface area contributed by atoms with Crippen LogP contribution in [0.15, 0.2) is 41.2 Å². The molecule has 0 saturated carbocycles. The Morgan fingerprint density at radius 2 is 1.77 bits per heavy atom. The smallest absolute Gasteiger partial charge is 0.294 e. The maximum atomic E-state index is 13.0. The summed E-state index contributed by atoms with van der Waals surface area (Å²) in [5.41, 5.74) is -0.231. The van der Waals surface area contributed by atoms with Crippen molar-refractivity contribution in [3.8, 4) is 28.6 Å². The molecule has 2 aromatic carbocycles. The predicted octanol–water partition coefficient (Wildman–Crippen LogP) is 3.74. The minimum Gasteiger partial charge on any atom is -0.501 e. The van der Waals surface area contributed by atoms with Gasteiger partial charge in [-0.15, -0.1) is 0 Å². The molecule has 162 valence electrons. The summed E-state index contributed by atoms with van der Waals surface area (Å²) in [4.78, 5) is 33.3. The van der Waals surface area contributed by atoms with E-state index < -0.39 is 22.9 Å². The van der Waals surface area contributed by atoms with Crippen molar-refractivity contribution in [1.29, 1.82) is 0 Å². The van der Waals surface area contributed by atoms with Crippen molar-refractivity contribution in [1.82, 2.24) is 14.9 Å². The van der Waals surface area contributed by atoms with Crippen molar-refractivity contribution in [3.63, 3.8) is 0 Å². The van der Waals surface area contributed by atoms with Crippen molar-refractivity contribution >= 4 is 29.1 Å². The first-order valence-corrected chi connectivity index (χ1v) is 9.76. The number of carbonyl (C=O) groups excluding carboxylic acids is 1. The Morgan fingerprint density at radius 1 is 1.13 bits per heavy atom. The highest BCUT2D eigenvalue weighted by molar-refractivity contribution is 6.42. The maximum absolute atomic E-state index is 13.0. The van der Waals surface area contributed by atoms with Gasteiger partial charge in [-0.2, -0.15) is 0 Å². The van der Waals surface area contributed by atoms with Crippen molar-refractivity contribution in [3.05, 3.63) is 68.1 Å². The van der Waals surface area contributed by atoms with E-state index in [0.29, 0.717) is 32.7 Å². The molecule has 2 N–H and O–H groups in total. The summed E-state index contributed by atoms with van der Waals surface area (Å²) in [7, 11) is 4.41. The number of methoxy groups -OCH3 is 2. The normalized spacial score (nSPS) is 10.6. The number of hydrogen-bond donors (Lipinski definition) is 2. The number of aromatic amines is 1. The van der Waals surface area contributed by atoms with Gasteiger partial charge in [0.05, 0.1) is 24.3 Å². The van der Waals surface area contributed by atoms with Gasteiger partial charge in [0.15, 0.2) is 5.69 Å². The van der Waals surface area contributed by atoms with E-state index in [-0.39, 0.29) is 12.4 Å². The minimum atomic E-state index is -0.871. The first kappa shape index (κ1) is 22.5. The second-order valence-electron chi connectivity index (χ2n) is 6.56. The van der Waals surface area contributed by atoms with Crippen LogP contribution in [0.1, 0.15) is 16.1 Å². The van der Waals surface area contributed by atoms with Crippen LogP contribution in [0.5, 0.6) is 17.2 Å². The molecule has 0 radical (unpaired) electrons. The third-order valence-corrected chi connectivity index (χ3v) is 5.25. The van der Waals surface area contributed by atoms with E-state index in [1.165, 1.54) is 26.2 Å². The Balaban J connectivity index is 2.02. The lowest BCUT2D eigenvalue weighted by molar-refractivity contribution is 0.0775. The van der Waals surface area contributed by atoms with Crippen molar-refractivity contribution in [2.45, 2.75) is 6.54 Å². The lowest BCUT2D eigenvalue weighted by Crippen LogP contribution is -2.29. The van der Waals surface area contributed by atoms with Crippen LogP contribution in [-0.4, -0.2) is 47.1 Å². The van der Waals surface area contributed by atoms with E-state index in [0.717, 1.165) is 0 Å². The lowest BCUT2D eigenvalue weighted by Gasteiger charge is -2.18. The molecule has 0 fully saturated rings. The Morgan fingerprint density at radius 3 is 2.35 bits per heavy atom. The topological polar surface area (TPSA) is 105 Å². The molecular formula is C21H19Cl2N3O5. The number of aromatic hydroxyl groups is 1. The Hall–Kier alpha value is -3.23. The number of hydrogen-bond acceptors (Lipinski definition) is 6. The van der Waals surface area contributed by atoms with Crippen molar-refractivity contribution < 1.29 is 19.4 Å². The average molecular weight is 464 g/mol. The fourth-order valence-electron chi connectivity index (χ4n) is 2.98. The minimum absolute atomic E-state index is 0.0170. The van der Waals surface area contributed by atoms with Crippen LogP contribution in [0, 0.1) is 0 Å². The Kier molecular flexibility index (Phi) is 6.72. The summed E-state index contributed by atoms with van der Waals surface area (Å²) < 4.78 is 10.7. The molecule has 0 unspecified atom stereocenters. The number of nitrogens with zero attached hydrogens (tertiary/aromatic N) is 2. The zero-order valence-corrected chi connectivity index (χ0v) is 18.4. The van der Waals surface area contributed by atoms with Gasteiger partial charge in [0.1, 0.15) is 22.9 Å². The van der Waals surface area contributed by atoms with Crippen molar-refractivity contribution in [2.24, 2.45) is 0 Å². The second kappa shape index (κ2) is 9.28. The van der Waals surface area contributed by atoms with Crippen LogP contribution >= 0.6 is 23.2 Å². The molecule has 0 spiro atoms. The molecule has 1 heterocycles. The molecule has 0 atom stereocenters. The highest BCUT2D eigenvalue weighted by Gasteiger charge is 2.24. The van der Waals surface area contributed by atoms with E-state index in [4.69, 9.17) is 32.7 Å². The van der Waals surface area contributed by atoms with Crippen LogP contribution in [0.4, 0.5) is 0 Å². The Bertz CT molecular complexity index is 1170. The monoisotopic (exact) mass is 463 g/mol. The molecule has 0 saturated heterocycles. The maximum Gasteiger partial charge on any atom is 0.294 e. The molecular weight excluding hydrogens is 445 g/mol. The zero-order valence-electron chi connectivity index (χ0n) is 16.9. The molecule has 3 aromatic rings. The van der Waals surface area contributed by atoms with E-state index in [9.17, 15) is 14.7 Å². The Labute approximate surface area is 188 Å². The van der Waals surface area contributed by atoms with Crippen molar-refractivity contribution in [2.75, 3.05) is 21.3 Å². The molecule has 3 rings (SSSR count). The summed E-state index contributed by atoms with van der Waals surface area (Å²) >= 11 is 12.0. The number of nitrogens with one attached hydrogen (secondary N) is 1. The van der Waals surface area contributed by atoms with Crippen LogP contribution in [0.25, 0.3) is 11.4 Å². The zero-order chi connectivity index (χ0) is 22.7. The van der Waals surface area contributed by atoms with Gasteiger partial charge in [0.25, 0.3) is 11.5 Å². The summed E-state index contributed by atoms with van der Waals surface area (Å²) in [6, 6.07) is 9.98. The van der Waals surface area contributed by atoms with E-state index in [1.807, 2.05) is 0 Å². The number of rotatable bonds is 6. The van der Waals surface area contributed by atoms with Gasteiger partial charge >= 0.3 is 0 Å². The molecule has 10 heteroatoms. The van der Waals surface area contributed by atoms with Crippen LogP contribution < -0.4 is 15.0 Å². The van der Waals surface area contributed by atoms with Crippen LogP contribution in [0.2, 0.25) is 10.0 Å². The second-order valence-corrected chi connectivity index (χ2v) is 7.37. The summed E-state index contributed by atoms with van der Waals surface area (Å²) in [5, 5.41) is 11.0. The fraction of sp³-hybridized carbons (Fsp3) is 0.190. The van der Waals surface area contributed by atoms with E-state index in [2.05, 4.69) is 9.97 Å². The molecule has 1 aromatic heterocycles. The SMILES string of the molecule is COc1cccc(OC)c1-c1nc(C(=O)N(C)Cc2ccc(Cl)c(Cl)c2)c(O)c(=O)[nH]1. The van der Waals surface area contributed by atoms with Gasteiger partial charge in [0.2, 0.25) is 5.75 Å². The first-order chi connectivity index (χ1) is 14.8. The number of H-pyrrole nitrogens is 1. The third kappa shape index (κ3) is 4.60. The summed E-state index contributed by atoms with van der Waals surface area (Å²) in [5.74, 6) is -0.691. The first-order valence-electron chi connectivity index (χ1n) is 9.00. The largest absolute Gasteiger partial charge is 0.501 e. The van der Waals surface area contributed by atoms with Gasteiger partial charge < -0.3 is 24.5 Å². The lowest BCUT2D eigenvalue weighted by atomic mass is 10.1. The predicted molar refractivity (Wildman–Crippen MR) is 117 cm³/mol. The fourth-order valence-corrected chi connectivity index (χ4v) is 3.30. The molecule has 0 aliphatic heterocycles. The van der Waals surface area contributed by atoms with Gasteiger partial charge in [-0.25, -0.2) is 4.98 Å². The van der Waals surface area contributed by atoms with Crippen LogP contribution in [0.3, 0.4) is 0 Å². The molecule has 8 nitrogen and oxygen atoms in total. The van der Waals surface area contributed by atoms with Gasteiger partial charge in [-0.1, -0.05) is 35.3 Å². The molecule has 0 bridgehead atoms. The van der Waals surface area contributed by atoms with Gasteiger partial charge in [-0.05, 0) is 29.8 Å². The molecule has 1 amide bonds. The number of carbonyl (C=O) groups is 1. The number of ether oxygens (including phenoxy) is 2. The highest BCUT2D eigenvalue weighted by atomic mass is 35.5. The van der Waals surface area contributed by atoms with E-state index in [1.54, 1.807) is 36.4 Å². The molecule has 0 aliphatic carbocycles. The van der Waals surface area contributed by atoms with Gasteiger partial charge in [0, 0.05) is 13.6 Å². The summed E-state index contributed by atoms with van der Waals surface area (Å²) in [6.07, 6.45) is 0. The molecule has 31 heavy (non-hydrogen) atoms. The standard InChI is InChI=1S/C21H19Cl2N3O5/c1-26(10-11-7-8-12(22)13(23)9-11)21(29)17-18(27)20(28)25-19(24-17)16-14(30-2)5-4-6-15(16)31-3/h4-9,27H,10H2,1-3H3,(H,24,25,28). The highest BCUT2D eigenvalue weighted by Crippen LogP contribution is 2.36. The average Bonchev–Trinajstić information content (AvgIpc) is 2.76. The summed E-state index contributed by atoms with van der Waals surface area (Å²) in [6.45, 7) is 0.150. The van der Waals surface area contributed by atoms with Gasteiger partial charge in [-0.3, -0.25) is 9.59 Å². The number of aromatic nitrogens is 2. The van der Waals surface area contributed by atoms with Crippen LogP contribution in [-0.2, 0) is 6.54 Å². The number of halogens is 2. The molecule has 0 aliphatic rings. The third-order valence-electron chi connectivity index (χ3n) is 4.51. The van der Waals surface area contributed by atoms with E-state index >= 15 is 0 Å². The number of benzene rings is 2. The number of amides is 1.